The molecular formula is C48H61BrF3IN14O7S4. The molecule has 0 bridgehead atoms. The Balaban J connectivity index is 0.000000317. The molecule has 2 saturated heterocycles. The van der Waals surface area contributed by atoms with Crippen LogP contribution in [-0.4, -0.2) is 102 Å². The first-order chi connectivity index (χ1) is 36.6. The van der Waals surface area contributed by atoms with Crippen molar-refractivity contribution < 1.29 is 30.6 Å². The molecule has 10 rings (SSSR count). The molecule has 21 nitrogen and oxygen atoms in total. The molecule has 30 heteroatoms. The molecule has 2 fully saturated rings. The summed E-state index contributed by atoms with van der Waals surface area (Å²) >= 11 is 4.55. The van der Waals surface area contributed by atoms with Gasteiger partial charge < -0.3 is 35.1 Å². The largest absolute Gasteiger partial charge is 0.480 e. The Kier molecular flexibility index (Phi) is 23.6. The molecule has 2 aliphatic rings. The van der Waals surface area contributed by atoms with E-state index in [2.05, 4.69) is 48.9 Å². The van der Waals surface area contributed by atoms with Crippen LogP contribution in [-0.2, 0) is 50.9 Å². The summed E-state index contributed by atoms with van der Waals surface area (Å²) in [6.45, 7) is 5.46. The summed E-state index contributed by atoms with van der Waals surface area (Å²) in [4.78, 5) is 92.7. The standard InChI is InChI=1S/C23H24FN7O3S.C14H16FN3S.C9H10N4O4.CH3F.CH3I.BrH.2H2S/c1-13-5-4-8-31(13)17-7-6-14(9-15(17)24)16-11-35-22(26-16)27-18(32)10-30-12-25-20-19(30)21(33)29(3)23(34)28(20)2;1-9-3-2-6-18(9)13-5-4-10(7-11(13)15)12-8-19-14(16)17-12;1-11-7-6(8(16)12(2)9(11)17)13(4-10-7)3-5(14)15;2*1-2;;;/h6-7,9,11-13H,4-5,8,10H2,1-3H3,(H,26,27,32);4-5,7-9H,2-3,6H2,1H3,(H2,16,17);4H,3H2,1-2H3,(H,14,15);2*1H3;1H;2*1H2/t13-;9-;;;;;;/m00....../s1/i;;;2*1D;;;. The van der Waals surface area contributed by atoms with Crippen molar-refractivity contribution in [1.29, 1.82) is 0 Å². The van der Waals surface area contributed by atoms with E-state index in [1.165, 1.54) is 87.9 Å². The second kappa shape index (κ2) is 29.3. The molecule has 6 aromatic heterocycles. The van der Waals surface area contributed by atoms with Crippen LogP contribution < -0.4 is 43.3 Å². The van der Waals surface area contributed by atoms with E-state index in [1.54, 1.807) is 17.5 Å². The number of aliphatic carboxylic acids is 1. The maximum Gasteiger partial charge on any atom is 0.332 e. The number of hydrogen-bond acceptors (Lipinski definition) is 15. The number of halogens is 5. The van der Waals surface area contributed by atoms with Gasteiger partial charge in [0.15, 0.2) is 32.6 Å². The topological polar surface area (TPSA) is 248 Å². The van der Waals surface area contributed by atoms with Crippen LogP contribution in [0.4, 0.5) is 34.8 Å². The fraction of sp³-hybridized carbons (Fsp3) is 0.375. The van der Waals surface area contributed by atoms with Crippen molar-refractivity contribution in [3.63, 3.8) is 0 Å². The van der Waals surface area contributed by atoms with E-state index in [4.69, 9.17) is 13.6 Å². The van der Waals surface area contributed by atoms with Crippen molar-refractivity contribution in [3.8, 4) is 22.5 Å². The third kappa shape index (κ3) is 14.4. The van der Waals surface area contributed by atoms with Crippen LogP contribution >= 0.6 is 89.2 Å². The van der Waals surface area contributed by atoms with Gasteiger partial charge in [0, 0.05) is 76.6 Å². The summed E-state index contributed by atoms with van der Waals surface area (Å²) in [6, 6.07) is 11.1. The number of nitrogens with two attached hydrogens (primary N) is 1. The molecule has 4 N–H and O–H groups in total. The number of carboxylic acid groups (broad SMARTS) is 1. The zero-order valence-corrected chi connectivity index (χ0v) is 50.6. The summed E-state index contributed by atoms with van der Waals surface area (Å²) in [5.41, 5.74) is 8.17. The van der Waals surface area contributed by atoms with Crippen molar-refractivity contribution in [2.75, 3.05) is 46.0 Å². The number of fused-ring (bicyclic) bond motifs is 2. The summed E-state index contributed by atoms with van der Waals surface area (Å²) in [6.07, 6.45) is 6.95. The number of amides is 1. The lowest BCUT2D eigenvalue weighted by Gasteiger charge is -2.24. The number of aromatic nitrogens is 10. The average molecular weight is 1340 g/mol. The van der Waals surface area contributed by atoms with Gasteiger partial charge in [0.1, 0.15) is 24.7 Å². The zero-order chi connectivity index (χ0) is 56.4. The summed E-state index contributed by atoms with van der Waals surface area (Å²) in [5.74, 6) is -1.97. The highest BCUT2D eigenvalue weighted by molar-refractivity contribution is 14.1. The molecule has 0 unspecified atom stereocenters. The second-order valence-corrected chi connectivity index (χ2v) is 19.0. The summed E-state index contributed by atoms with van der Waals surface area (Å²) < 4.78 is 57.8. The molecule has 2 atom stereocenters. The van der Waals surface area contributed by atoms with E-state index < -0.39 is 41.5 Å². The van der Waals surface area contributed by atoms with Gasteiger partial charge in [-0.05, 0) is 68.7 Å². The minimum atomic E-state index is -1.08. The van der Waals surface area contributed by atoms with Gasteiger partial charge in [-0.2, -0.15) is 27.0 Å². The molecule has 0 saturated carbocycles. The van der Waals surface area contributed by atoms with Crippen molar-refractivity contribution in [2.45, 2.75) is 64.7 Å². The highest BCUT2D eigenvalue weighted by Gasteiger charge is 2.25. The number of nitrogens with zero attached hydrogens (tertiary/aromatic N) is 12. The maximum atomic E-state index is 14.8. The predicted molar refractivity (Wildman–Crippen MR) is 326 cm³/mol. The van der Waals surface area contributed by atoms with E-state index in [0.717, 1.165) is 59.2 Å². The first-order valence-electron chi connectivity index (χ1n) is 24.3. The van der Waals surface area contributed by atoms with Crippen LogP contribution in [0.15, 0.2) is 79.0 Å². The van der Waals surface area contributed by atoms with Gasteiger partial charge in [-0.3, -0.25) is 41.8 Å². The van der Waals surface area contributed by atoms with E-state index in [-0.39, 0.29) is 91.0 Å². The molecule has 8 heterocycles. The first kappa shape index (κ1) is 62.9. The number of hydrogen-bond donors (Lipinski definition) is 3. The first-order valence-corrected chi connectivity index (χ1v) is 26.2. The van der Waals surface area contributed by atoms with Crippen LogP contribution in [0, 0.1) is 11.6 Å². The average Bonchev–Trinajstić information content (AvgIpc) is 4.28. The zero-order valence-electron chi connectivity index (χ0n) is 45.1. The number of benzene rings is 2. The number of thiazole rings is 2. The molecule has 424 valence electrons. The lowest BCUT2D eigenvalue weighted by atomic mass is 10.1. The highest BCUT2D eigenvalue weighted by Crippen LogP contribution is 2.34. The van der Waals surface area contributed by atoms with Crippen molar-refractivity contribution >= 4 is 145 Å². The monoisotopic (exact) mass is 1340 g/mol. The molecule has 1 amide bonds. The Morgan fingerprint density at radius 2 is 1.18 bits per heavy atom. The molecule has 0 radical (unpaired) electrons. The lowest BCUT2D eigenvalue weighted by Crippen LogP contribution is -2.37. The second-order valence-electron chi connectivity index (χ2n) is 17.3. The Hall–Kier alpha value is -5.96. The molecular weight excluding hydrogens is 1280 g/mol. The van der Waals surface area contributed by atoms with Gasteiger partial charge in [0.05, 0.1) is 43.9 Å². The molecule has 2 aliphatic heterocycles. The SMILES string of the molecule is Br.C[C@H]1CCCN1c1ccc(-c2csc(N)n2)cc1F.C[C@H]1CCCN1c1ccc(-c2csc(NC(=O)Cn3cnc4c3c(=O)n(C)c(=O)n4C)n2)cc1F.Cn1c(=O)c2c(ncn2CC(=O)O)n(C)c1=O.S.S.[2H]CF.[2H]CI. The highest BCUT2D eigenvalue weighted by atomic mass is 127. The number of rotatable bonds is 9. The fourth-order valence-electron chi connectivity index (χ4n) is 8.76. The number of aryl methyl sites for hydroxylation is 2. The van der Waals surface area contributed by atoms with E-state index in [0.29, 0.717) is 49.9 Å². The lowest BCUT2D eigenvalue weighted by molar-refractivity contribution is -0.137. The Morgan fingerprint density at radius 1 is 0.756 bits per heavy atom. The minimum Gasteiger partial charge on any atom is -0.480 e. The number of carboxylic acids is 1. The number of nitrogens with one attached hydrogen (secondary N) is 1. The number of carbonyl (C=O) groups excluding carboxylic acids is 1. The third-order valence-corrected chi connectivity index (χ3v) is 14.0. The number of anilines is 4. The Morgan fingerprint density at radius 3 is 1.56 bits per heavy atom. The fourth-order valence-corrected chi connectivity index (χ4v) is 10.1. The van der Waals surface area contributed by atoms with Crippen LogP contribution in [0.2, 0.25) is 0 Å². The van der Waals surface area contributed by atoms with Crippen molar-refractivity contribution in [2.24, 2.45) is 28.2 Å². The van der Waals surface area contributed by atoms with Crippen molar-refractivity contribution in [3.05, 3.63) is 113 Å². The molecule has 8 aromatic rings. The number of imidazole rings is 2. The number of alkyl halides is 2. The van der Waals surface area contributed by atoms with Crippen LogP contribution in [0.3, 0.4) is 0 Å². The number of carbonyl (C=O) groups is 2. The van der Waals surface area contributed by atoms with Crippen LogP contribution in [0.1, 0.15) is 42.3 Å². The Labute approximate surface area is 494 Å². The van der Waals surface area contributed by atoms with Gasteiger partial charge in [0.25, 0.3) is 11.1 Å². The summed E-state index contributed by atoms with van der Waals surface area (Å²) in [7, 11) is 4.70. The molecule has 0 aliphatic carbocycles. The molecule has 78 heavy (non-hydrogen) atoms. The van der Waals surface area contributed by atoms with Gasteiger partial charge in [-0.1, -0.05) is 34.7 Å². The predicted octanol–water partition coefficient (Wildman–Crippen LogP) is 6.80. The molecule has 2 aromatic carbocycles. The van der Waals surface area contributed by atoms with Crippen molar-refractivity contribution in [1.82, 2.24) is 47.3 Å². The Bertz CT molecular complexity index is 3670. The summed E-state index contributed by atoms with van der Waals surface area (Å²) in [5, 5.41) is 15.9. The quantitative estimate of drug-likeness (QED) is 0.0994. The van der Waals surface area contributed by atoms with Crippen LogP contribution in [0.5, 0.6) is 0 Å². The third-order valence-electron chi connectivity index (χ3n) is 12.5. The van der Waals surface area contributed by atoms with E-state index in [1.807, 2.05) is 46.2 Å². The van der Waals surface area contributed by atoms with Gasteiger partial charge in [0.2, 0.25) is 5.91 Å². The molecule has 0 spiro atoms. The van der Waals surface area contributed by atoms with E-state index >= 15 is 0 Å². The van der Waals surface area contributed by atoms with Gasteiger partial charge in [-0.15, -0.1) is 39.7 Å². The van der Waals surface area contributed by atoms with Crippen LogP contribution in [0.25, 0.3) is 44.8 Å². The van der Waals surface area contributed by atoms with Gasteiger partial charge >= 0.3 is 17.3 Å². The van der Waals surface area contributed by atoms with Gasteiger partial charge in [-0.25, -0.2) is 38.3 Å². The minimum absolute atomic E-state index is 0. The normalized spacial score (nSPS) is 14.6. The smallest absolute Gasteiger partial charge is 0.332 e. The maximum absolute atomic E-state index is 14.8. The number of nitrogen functional groups attached to an aromatic ring is 1. The van der Waals surface area contributed by atoms with E-state index in [9.17, 15) is 41.9 Å².